The van der Waals surface area contributed by atoms with E-state index in [1.54, 1.807) is 0 Å². The Balaban J connectivity index is 2.65. The first-order valence-electron chi connectivity index (χ1n) is 5.65. The molecule has 0 aliphatic carbocycles. The van der Waals surface area contributed by atoms with Gasteiger partial charge in [-0.1, -0.05) is 27.7 Å². The molecule has 1 saturated heterocycles. The fourth-order valence-corrected chi connectivity index (χ4v) is 1.94. The zero-order valence-corrected chi connectivity index (χ0v) is 9.80. The summed E-state index contributed by atoms with van der Waals surface area (Å²) in [6.45, 7) is 8.47. The monoisotopic (exact) mass is 198 g/mol. The summed E-state index contributed by atoms with van der Waals surface area (Å²) in [5.41, 5.74) is 0.0816. The van der Waals surface area contributed by atoms with Crippen LogP contribution >= 0.6 is 0 Å². The standard InChI is InChI=1S/C12H22O2/c1-5-9-7-6-8-10(12(2,3)4)14-11(9)13/h9-10H,5-8H2,1-4H3. The Hall–Kier alpha value is -0.530. The van der Waals surface area contributed by atoms with E-state index in [0.29, 0.717) is 0 Å². The van der Waals surface area contributed by atoms with Gasteiger partial charge in [0.05, 0.1) is 5.92 Å². The summed E-state index contributed by atoms with van der Waals surface area (Å²) in [6, 6.07) is 0. The van der Waals surface area contributed by atoms with Crippen molar-refractivity contribution < 1.29 is 9.53 Å². The van der Waals surface area contributed by atoms with E-state index in [-0.39, 0.29) is 23.4 Å². The van der Waals surface area contributed by atoms with Crippen LogP contribution in [0.5, 0.6) is 0 Å². The van der Waals surface area contributed by atoms with Crippen LogP contribution in [0.2, 0.25) is 0 Å². The molecule has 1 heterocycles. The molecule has 0 spiro atoms. The fraction of sp³-hybridized carbons (Fsp3) is 0.917. The third kappa shape index (κ3) is 2.73. The Morgan fingerprint density at radius 2 is 2.00 bits per heavy atom. The molecule has 1 aliphatic rings. The summed E-state index contributed by atoms with van der Waals surface area (Å²) in [6.07, 6.45) is 4.15. The molecule has 2 atom stereocenters. The second-order valence-electron chi connectivity index (χ2n) is 5.33. The molecule has 1 aliphatic heterocycles. The quantitative estimate of drug-likeness (QED) is 0.605. The highest BCUT2D eigenvalue weighted by atomic mass is 16.5. The molecule has 1 fully saturated rings. The summed E-state index contributed by atoms with van der Waals surface area (Å²) in [4.78, 5) is 11.7. The molecule has 0 radical (unpaired) electrons. The third-order valence-electron chi connectivity index (χ3n) is 3.07. The number of carbonyl (C=O) groups is 1. The van der Waals surface area contributed by atoms with Gasteiger partial charge in [0.2, 0.25) is 0 Å². The van der Waals surface area contributed by atoms with Crippen molar-refractivity contribution in [3.05, 3.63) is 0 Å². The number of cyclic esters (lactones) is 1. The molecule has 0 amide bonds. The summed E-state index contributed by atoms with van der Waals surface area (Å²) in [7, 11) is 0. The van der Waals surface area contributed by atoms with E-state index in [2.05, 4.69) is 27.7 Å². The smallest absolute Gasteiger partial charge is 0.309 e. The molecule has 14 heavy (non-hydrogen) atoms. The Bertz CT molecular complexity index is 203. The van der Waals surface area contributed by atoms with Crippen molar-refractivity contribution >= 4 is 5.97 Å². The van der Waals surface area contributed by atoms with Crippen LogP contribution in [0.15, 0.2) is 0 Å². The van der Waals surface area contributed by atoms with Gasteiger partial charge in [-0.05, 0) is 31.1 Å². The lowest BCUT2D eigenvalue weighted by Gasteiger charge is -2.29. The van der Waals surface area contributed by atoms with Crippen LogP contribution in [-0.4, -0.2) is 12.1 Å². The first-order chi connectivity index (χ1) is 6.45. The second kappa shape index (κ2) is 4.33. The Labute approximate surface area is 87.0 Å². The highest BCUT2D eigenvalue weighted by Gasteiger charge is 2.33. The SMILES string of the molecule is CCC1CCCC(C(C)(C)C)OC1=O. The minimum Gasteiger partial charge on any atom is -0.462 e. The fourth-order valence-electron chi connectivity index (χ4n) is 1.94. The molecule has 0 aromatic carbocycles. The van der Waals surface area contributed by atoms with Gasteiger partial charge in [-0.2, -0.15) is 0 Å². The van der Waals surface area contributed by atoms with Gasteiger partial charge >= 0.3 is 5.97 Å². The third-order valence-corrected chi connectivity index (χ3v) is 3.07. The van der Waals surface area contributed by atoms with Crippen molar-refractivity contribution in [2.45, 2.75) is 59.5 Å². The van der Waals surface area contributed by atoms with Gasteiger partial charge in [-0.3, -0.25) is 4.79 Å². The molecule has 2 heteroatoms. The first kappa shape index (κ1) is 11.5. The predicted molar refractivity (Wildman–Crippen MR) is 57.0 cm³/mol. The molecule has 1 rings (SSSR count). The summed E-state index contributed by atoms with van der Waals surface area (Å²) in [5, 5.41) is 0. The maximum atomic E-state index is 11.7. The Morgan fingerprint density at radius 3 is 2.50 bits per heavy atom. The first-order valence-corrected chi connectivity index (χ1v) is 5.65. The van der Waals surface area contributed by atoms with Crippen molar-refractivity contribution in [3.8, 4) is 0 Å². The van der Waals surface area contributed by atoms with E-state index in [9.17, 15) is 4.79 Å². The van der Waals surface area contributed by atoms with Crippen molar-refractivity contribution in [2.75, 3.05) is 0 Å². The number of hydrogen-bond donors (Lipinski definition) is 0. The maximum Gasteiger partial charge on any atom is 0.309 e. The number of hydrogen-bond acceptors (Lipinski definition) is 2. The van der Waals surface area contributed by atoms with Crippen LogP contribution in [0, 0.1) is 11.3 Å². The average molecular weight is 198 g/mol. The summed E-state index contributed by atoms with van der Waals surface area (Å²) in [5.74, 6) is 0.160. The molecule has 0 saturated carbocycles. The summed E-state index contributed by atoms with van der Waals surface area (Å²) >= 11 is 0. The van der Waals surface area contributed by atoms with E-state index in [1.165, 1.54) is 0 Å². The Kier molecular flexibility index (Phi) is 3.57. The lowest BCUT2D eigenvalue weighted by molar-refractivity contribution is -0.158. The molecule has 82 valence electrons. The normalized spacial score (nSPS) is 29.6. The van der Waals surface area contributed by atoms with Gasteiger partial charge in [0.15, 0.2) is 0 Å². The lowest BCUT2D eigenvalue weighted by Crippen LogP contribution is -2.31. The van der Waals surface area contributed by atoms with Crippen LogP contribution in [0.1, 0.15) is 53.4 Å². The minimum absolute atomic E-state index is 0.0184. The average Bonchev–Trinajstić information content (AvgIpc) is 2.25. The maximum absolute atomic E-state index is 11.7. The Morgan fingerprint density at radius 1 is 1.36 bits per heavy atom. The van der Waals surface area contributed by atoms with Gasteiger partial charge in [0, 0.05) is 0 Å². The lowest BCUT2D eigenvalue weighted by atomic mass is 9.86. The van der Waals surface area contributed by atoms with E-state index >= 15 is 0 Å². The zero-order chi connectivity index (χ0) is 10.8. The van der Waals surface area contributed by atoms with E-state index < -0.39 is 0 Å². The highest BCUT2D eigenvalue weighted by molar-refractivity contribution is 5.72. The number of carbonyl (C=O) groups excluding carboxylic acids is 1. The topological polar surface area (TPSA) is 26.3 Å². The zero-order valence-electron chi connectivity index (χ0n) is 9.80. The molecule has 0 aromatic heterocycles. The van der Waals surface area contributed by atoms with Crippen LogP contribution < -0.4 is 0 Å². The summed E-state index contributed by atoms with van der Waals surface area (Å²) < 4.78 is 5.54. The second-order valence-corrected chi connectivity index (χ2v) is 5.33. The number of ether oxygens (including phenoxy) is 1. The van der Waals surface area contributed by atoms with Crippen LogP contribution in [0.3, 0.4) is 0 Å². The van der Waals surface area contributed by atoms with Gasteiger partial charge < -0.3 is 4.74 Å². The predicted octanol–water partition coefficient (Wildman–Crippen LogP) is 3.15. The van der Waals surface area contributed by atoms with Gasteiger partial charge in [-0.15, -0.1) is 0 Å². The molecule has 0 N–H and O–H groups in total. The van der Waals surface area contributed by atoms with Crippen molar-refractivity contribution in [1.82, 2.24) is 0 Å². The van der Waals surface area contributed by atoms with Crippen molar-refractivity contribution in [3.63, 3.8) is 0 Å². The molecule has 2 nitrogen and oxygen atoms in total. The van der Waals surface area contributed by atoms with E-state index in [4.69, 9.17) is 4.74 Å². The number of esters is 1. The molecular weight excluding hydrogens is 176 g/mol. The van der Waals surface area contributed by atoms with E-state index in [0.717, 1.165) is 25.7 Å². The van der Waals surface area contributed by atoms with Gasteiger partial charge in [0.25, 0.3) is 0 Å². The van der Waals surface area contributed by atoms with Crippen LogP contribution in [0.4, 0.5) is 0 Å². The van der Waals surface area contributed by atoms with Gasteiger partial charge in [-0.25, -0.2) is 0 Å². The molecule has 0 aromatic rings. The van der Waals surface area contributed by atoms with E-state index in [1.807, 2.05) is 0 Å². The highest BCUT2D eigenvalue weighted by Crippen LogP contribution is 2.31. The van der Waals surface area contributed by atoms with Crippen molar-refractivity contribution in [2.24, 2.45) is 11.3 Å². The largest absolute Gasteiger partial charge is 0.462 e. The van der Waals surface area contributed by atoms with Gasteiger partial charge in [0.1, 0.15) is 6.10 Å². The molecule has 2 unspecified atom stereocenters. The van der Waals surface area contributed by atoms with Crippen molar-refractivity contribution in [1.29, 1.82) is 0 Å². The van der Waals surface area contributed by atoms with Crippen LogP contribution in [0.25, 0.3) is 0 Å². The minimum atomic E-state index is 0.0184. The molecular formula is C12H22O2. The molecule has 0 bridgehead atoms. The number of rotatable bonds is 1. The van der Waals surface area contributed by atoms with Crippen LogP contribution in [-0.2, 0) is 9.53 Å².